The lowest BCUT2D eigenvalue weighted by atomic mass is 10.2. The summed E-state index contributed by atoms with van der Waals surface area (Å²) >= 11 is 0. The van der Waals surface area contributed by atoms with Crippen molar-refractivity contribution in [1.29, 1.82) is 0 Å². The lowest BCUT2D eigenvalue weighted by molar-refractivity contribution is 0.256. The molecule has 0 saturated heterocycles. The van der Waals surface area contributed by atoms with E-state index in [1.165, 1.54) is 12.8 Å². The van der Waals surface area contributed by atoms with Gasteiger partial charge in [-0.2, -0.15) is 0 Å². The third-order valence-electron chi connectivity index (χ3n) is 2.90. The Morgan fingerprint density at radius 1 is 1.56 bits per heavy atom. The molecule has 1 aromatic rings. The van der Waals surface area contributed by atoms with Crippen molar-refractivity contribution in [3.63, 3.8) is 0 Å². The summed E-state index contributed by atoms with van der Waals surface area (Å²) in [5, 5.41) is 0. The quantitative estimate of drug-likeness (QED) is 0.779. The van der Waals surface area contributed by atoms with Crippen LogP contribution in [0.1, 0.15) is 18.4 Å². The molecule has 0 unspecified atom stereocenters. The van der Waals surface area contributed by atoms with Gasteiger partial charge in [0.05, 0.1) is 7.11 Å². The van der Waals surface area contributed by atoms with Gasteiger partial charge in [-0.1, -0.05) is 6.07 Å². The number of aromatic nitrogens is 1. The van der Waals surface area contributed by atoms with E-state index in [-0.39, 0.29) is 0 Å². The SMILES string of the molecule is COc1ncccc1CN(CCN)C1CC1. The molecule has 4 heteroatoms. The van der Waals surface area contributed by atoms with Crippen LogP contribution in [0.4, 0.5) is 0 Å². The Kier molecular flexibility index (Phi) is 3.74. The Balaban J connectivity index is 2.05. The van der Waals surface area contributed by atoms with E-state index in [2.05, 4.69) is 16.0 Å². The van der Waals surface area contributed by atoms with Crippen LogP contribution in [0.15, 0.2) is 18.3 Å². The molecule has 0 atom stereocenters. The van der Waals surface area contributed by atoms with E-state index in [9.17, 15) is 0 Å². The second-order valence-corrected chi connectivity index (χ2v) is 4.16. The molecule has 0 aromatic carbocycles. The first-order valence-corrected chi connectivity index (χ1v) is 5.77. The van der Waals surface area contributed by atoms with E-state index in [0.717, 1.165) is 24.5 Å². The zero-order valence-electron chi connectivity index (χ0n) is 9.72. The van der Waals surface area contributed by atoms with Gasteiger partial charge in [0.25, 0.3) is 0 Å². The Labute approximate surface area is 96.4 Å². The first-order chi connectivity index (χ1) is 7.85. The molecule has 1 aromatic heterocycles. The molecule has 0 amide bonds. The average molecular weight is 221 g/mol. The molecule has 1 fully saturated rings. The second-order valence-electron chi connectivity index (χ2n) is 4.16. The zero-order chi connectivity index (χ0) is 11.4. The van der Waals surface area contributed by atoms with Gasteiger partial charge in [0.15, 0.2) is 0 Å². The second kappa shape index (κ2) is 5.27. The van der Waals surface area contributed by atoms with E-state index >= 15 is 0 Å². The van der Waals surface area contributed by atoms with Gasteiger partial charge >= 0.3 is 0 Å². The topological polar surface area (TPSA) is 51.4 Å². The molecule has 0 spiro atoms. The maximum atomic E-state index is 5.63. The van der Waals surface area contributed by atoms with Crippen LogP contribution >= 0.6 is 0 Å². The molecule has 1 aliphatic carbocycles. The molecule has 2 N–H and O–H groups in total. The van der Waals surface area contributed by atoms with Crippen LogP contribution in [0, 0.1) is 0 Å². The van der Waals surface area contributed by atoms with Crippen molar-refractivity contribution in [3.8, 4) is 5.88 Å². The summed E-state index contributed by atoms with van der Waals surface area (Å²) in [6.45, 7) is 2.54. The normalized spacial score (nSPS) is 15.4. The van der Waals surface area contributed by atoms with Crippen LogP contribution < -0.4 is 10.5 Å². The summed E-state index contributed by atoms with van der Waals surface area (Å²) in [7, 11) is 1.66. The molecule has 1 heterocycles. The number of hydrogen-bond acceptors (Lipinski definition) is 4. The number of nitrogens with two attached hydrogens (primary N) is 1. The van der Waals surface area contributed by atoms with Gasteiger partial charge in [-0.15, -0.1) is 0 Å². The highest BCUT2D eigenvalue weighted by Gasteiger charge is 2.28. The highest BCUT2D eigenvalue weighted by atomic mass is 16.5. The number of pyridine rings is 1. The van der Waals surface area contributed by atoms with E-state index < -0.39 is 0 Å². The first-order valence-electron chi connectivity index (χ1n) is 5.77. The van der Waals surface area contributed by atoms with Crippen molar-refractivity contribution in [2.45, 2.75) is 25.4 Å². The fraction of sp³-hybridized carbons (Fsp3) is 0.583. The van der Waals surface area contributed by atoms with Gasteiger partial charge < -0.3 is 10.5 Å². The highest BCUT2D eigenvalue weighted by Crippen LogP contribution is 2.29. The number of rotatable bonds is 6. The Morgan fingerprint density at radius 3 is 3.00 bits per heavy atom. The number of nitrogens with zero attached hydrogens (tertiary/aromatic N) is 2. The largest absolute Gasteiger partial charge is 0.481 e. The van der Waals surface area contributed by atoms with Crippen LogP contribution in [0.2, 0.25) is 0 Å². The molecule has 1 saturated carbocycles. The maximum absolute atomic E-state index is 5.63. The first kappa shape index (κ1) is 11.4. The van der Waals surface area contributed by atoms with Gasteiger partial charge in [0.2, 0.25) is 5.88 Å². The molecule has 4 nitrogen and oxygen atoms in total. The molecule has 1 aliphatic rings. The van der Waals surface area contributed by atoms with Gasteiger partial charge in [-0.3, -0.25) is 4.90 Å². The summed E-state index contributed by atoms with van der Waals surface area (Å²) in [4.78, 5) is 6.63. The van der Waals surface area contributed by atoms with Gasteiger partial charge in [-0.25, -0.2) is 4.98 Å². The number of methoxy groups -OCH3 is 1. The van der Waals surface area contributed by atoms with Crippen LogP contribution in [0.5, 0.6) is 5.88 Å². The zero-order valence-corrected chi connectivity index (χ0v) is 9.72. The Hall–Kier alpha value is -1.13. The highest BCUT2D eigenvalue weighted by molar-refractivity contribution is 5.25. The van der Waals surface area contributed by atoms with Crippen LogP contribution in [0.25, 0.3) is 0 Å². The lowest BCUT2D eigenvalue weighted by Crippen LogP contribution is -2.31. The molecular weight excluding hydrogens is 202 g/mol. The third kappa shape index (κ3) is 2.71. The molecule has 88 valence electrons. The summed E-state index contributed by atoms with van der Waals surface area (Å²) in [6.07, 6.45) is 4.35. The fourth-order valence-electron chi connectivity index (χ4n) is 1.94. The molecule has 0 aliphatic heterocycles. The molecule has 0 bridgehead atoms. The smallest absolute Gasteiger partial charge is 0.217 e. The fourth-order valence-corrected chi connectivity index (χ4v) is 1.94. The maximum Gasteiger partial charge on any atom is 0.217 e. The van der Waals surface area contributed by atoms with E-state index in [1.807, 2.05) is 6.07 Å². The molecule has 16 heavy (non-hydrogen) atoms. The van der Waals surface area contributed by atoms with Gasteiger partial charge in [0, 0.05) is 37.4 Å². The van der Waals surface area contributed by atoms with Crippen LogP contribution in [0.3, 0.4) is 0 Å². The minimum Gasteiger partial charge on any atom is -0.481 e. The lowest BCUT2D eigenvalue weighted by Gasteiger charge is -2.21. The Morgan fingerprint density at radius 2 is 2.38 bits per heavy atom. The van der Waals surface area contributed by atoms with Crippen LogP contribution in [-0.4, -0.2) is 36.1 Å². The van der Waals surface area contributed by atoms with Crippen LogP contribution in [-0.2, 0) is 6.54 Å². The number of ether oxygens (including phenoxy) is 1. The van der Waals surface area contributed by atoms with Gasteiger partial charge in [-0.05, 0) is 18.9 Å². The van der Waals surface area contributed by atoms with E-state index in [4.69, 9.17) is 10.5 Å². The minimum atomic E-state index is 0.707. The van der Waals surface area contributed by atoms with E-state index in [1.54, 1.807) is 13.3 Å². The van der Waals surface area contributed by atoms with Gasteiger partial charge in [0.1, 0.15) is 0 Å². The minimum absolute atomic E-state index is 0.707. The van der Waals surface area contributed by atoms with Crippen molar-refractivity contribution < 1.29 is 4.74 Å². The predicted molar refractivity (Wildman–Crippen MR) is 63.3 cm³/mol. The summed E-state index contributed by atoms with van der Waals surface area (Å²) in [5.41, 5.74) is 6.77. The van der Waals surface area contributed by atoms with Crippen molar-refractivity contribution in [3.05, 3.63) is 23.9 Å². The van der Waals surface area contributed by atoms with E-state index in [0.29, 0.717) is 12.6 Å². The summed E-state index contributed by atoms with van der Waals surface area (Å²) in [5.74, 6) is 0.727. The third-order valence-corrected chi connectivity index (χ3v) is 2.90. The standard InChI is InChI=1S/C12H19N3O/c1-16-12-10(3-2-7-14-12)9-15(8-6-13)11-4-5-11/h2-3,7,11H,4-6,8-9,13H2,1H3. The molecule has 0 radical (unpaired) electrons. The Bertz CT molecular complexity index is 339. The van der Waals surface area contributed by atoms with Crippen molar-refractivity contribution in [2.75, 3.05) is 20.2 Å². The van der Waals surface area contributed by atoms with Crippen molar-refractivity contribution in [2.24, 2.45) is 5.73 Å². The molecule has 2 rings (SSSR count). The van der Waals surface area contributed by atoms with Crippen molar-refractivity contribution >= 4 is 0 Å². The molecular formula is C12H19N3O. The summed E-state index contributed by atoms with van der Waals surface area (Å²) < 4.78 is 5.26. The monoisotopic (exact) mass is 221 g/mol. The average Bonchev–Trinajstić information content (AvgIpc) is 3.13. The predicted octanol–water partition coefficient (Wildman–Crippen LogP) is 1.01. The number of hydrogen-bond donors (Lipinski definition) is 1. The van der Waals surface area contributed by atoms with Crippen molar-refractivity contribution in [1.82, 2.24) is 9.88 Å². The summed E-state index contributed by atoms with van der Waals surface area (Å²) in [6, 6.07) is 4.73.